The molecule has 2 rings (SSSR count). The lowest BCUT2D eigenvalue weighted by molar-refractivity contribution is -0.109. The third-order valence-corrected chi connectivity index (χ3v) is 2.84. The van der Waals surface area contributed by atoms with Crippen LogP contribution in [0.3, 0.4) is 0 Å². The molecule has 1 unspecified atom stereocenters. The van der Waals surface area contributed by atoms with Gasteiger partial charge in [-0.15, -0.1) is 0 Å². The Kier molecular flexibility index (Phi) is 3.05. The van der Waals surface area contributed by atoms with Crippen molar-refractivity contribution in [2.75, 3.05) is 0 Å². The van der Waals surface area contributed by atoms with Gasteiger partial charge < -0.3 is 9.53 Å². The molecule has 1 aromatic carbocycles. The molecule has 0 radical (unpaired) electrons. The van der Waals surface area contributed by atoms with Gasteiger partial charge in [0.1, 0.15) is 18.1 Å². The third-order valence-electron chi connectivity index (χ3n) is 2.84. The maximum absolute atomic E-state index is 10.3. The first kappa shape index (κ1) is 10.2. The van der Waals surface area contributed by atoms with Crippen molar-refractivity contribution < 1.29 is 9.53 Å². The van der Waals surface area contributed by atoms with Crippen LogP contribution >= 0.6 is 0 Å². The highest BCUT2D eigenvalue weighted by molar-refractivity contribution is 5.50. The van der Waals surface area contributed by atoms with Crippen molar-refractivity contribution in [3.05, 3.63) is 29.3 Å². The van der Waals surface area contributed by atoms with Crippen LogP contribution in [0, 0.1) is 0 Å². The van der Waals surface area contributed by atoms with Crippen LogP contribution in [0.2, 0.25) is 0 Å². The van der Waals surface area contributed by atoms with Gasteiger partial charge in [-0.1, -0.05) is 6.07 Å². The van der Waals surface area contributed by atoms with E-state index in [1.807, 2.05) is 13.0 Å². The van der Waals surface area contributed by atoms with E-state index in [-0.39, 0.29) is 6.10 Å². The average molecular weight is 204 g/mol. The number of ether oxygens (including phenoxy) is 1. The molecule has 0 spiro atoms. The molecule has 80 valence electrons. The molecule has 2 heteroatoms. The zero-order chi connectivity index (χ0) is 10.7. The molecule has 2 nitrogen and oxygen atoms in total. The lowest BCUT2D eigenvalue weighted by Crippen LogP contribution is -2.12. The minimum Gasteiger partial charge on any atom is -0.490 e. The zero-order valence-corrected chi connectivity index (χ0v) is 9.03. The maximum Gasteiger partial charge on any atom is 0.123 e. The molecule has 1 aliphatic carbocycles. The molecule has 0 aliphatic heterocycles. The van der Waals surface area contributed by atoms with Crippen LogP contribution in [0.15, 0.2) is 18.2 Å². The second kappa shape index (κ2) is 4.47. The Labute approximate surface area is 90.3 Å². The summed E-state index contributed by atoms with van der Waals surface area (Å²) in [6.07, 6.45) is 4.94. The quantitative estimate of drug-likeness (QED) is 0.704. The first-order chi connectivity index (χ1) is 7.29. The first-order valence-corrected chi connectivity index (χ1v) is 5.51. The monoisotopic (exact) mass is 204 g/mol. The van der Waals surface area contributed by atoms with Crippen molar-refractivity contribution in [2.24, 2.45) is 0 Å². The molecule has 15 heavy (non-hydrogen) atoms. The number of hydrogen-bond donors (Lipinski definition) is 0. The van der Waals surface area contributed by atoms with E-state index in [9.17, 15) is 4.79 Å². The summed E-state index contributed by atoms with van der Waals surface area (Å²) in [7, 11) is 0. The van der Waals surface area contributed by atoms with Gasteiger partial charge in [0.25, 0.3) is 0 Å². The summed E-state index contributed by atoms with van der Waals surface area (Å²) in [6, 6.07) is 6.26. The van der Waals surface area contributed by atoms with Crippen molar-refractivity contribution in [1.82, 2.24) is 0 Å². The van der Waals surface area contributed by atoms with Crippen LogP contribution in [0.5, 0.6) is 5.75 Å². The standard InChI is InChI=1S/C13H16O2/c1-10(7-8-14)15-13-6-5-11-3-2-4-12(11)9-13/h5-6,8-10H,2-4,7H2,1H3. The molecule has 0 fully saturated rings. The lowest BCUT2D eigenvalue weighted by atomic mass is 10.1. The average Bonchev–Trinajstić information content (AvgIpc) is 2.65. The maximum atomic E-state index is 10.3. The zero-order valence-electron chi connectivity index (χ0n) is 9.03. The molecular formula is C13H16O2. The van der Waals surface area contributed by atoms with Gasteiger partial charge in [-0.25, -0.2) is 0 Å². The van der Waals surface area contributed by atoms with Crippen LogP contribution in [-0.2, 0) is 17.6 Å². The highest BCUT2D eigenvalue weighted by atomic mass is 16.5. The van der Waals surface area contributed by atoms with Gasteiger partial charge in [-0.2, -0.15) is 0 Å². The Bertz CT molecular complexity index is 358. The first-order valence-electron chi connectivity index (χ1n) is 5.51. The normalized spacial score (nSPS) is 15.8. The van der Waals surface area contributed by atoms with E-state index in [1.165, 1.54) is 24.0 Å². The van der Waals surface area contributed by atoms with E-state index < -0.39 is 0 Å². The van der Waals surface area contributed by atoms with E-state index in [0.717, 1.165) is 18.5 Å². The molecular weight excluding hydrogens is 188 g/mol. The molecule has 1 aromatic rings. The fraction of sp³-hybridized carbons (Fsp3) is 0.462. The number of aryl methyl sites for hydroxylation is 2. The molecule has 0 saturated heterocycles. The van der Waals surface area contributed by atoms with E-state index in [4.69, 9.17) is 4.74 Å². The van der Waals surface area contributed by atoms with E-state index in [2.05, 4.69) is 12.1 Å². The highest BCUT2D eigenvalue weighted by Crippen LogP contribution is 2.26. The minimum atomic E-state index is -0.0260. The molecule has 1 atom stereocenters. The Balaban J connectivity index is 2.06. The van der Waals surface area contributed by atoms with Gasteiger partial charge >= 0.3 is 0 Å². The van der Waals surface area contributed by atoms with Gasteiger partial charge in [0.05, 0.1) is 0 Å². The topological polar surface area (TPSA) is 26.3 Å². The Morgan fingerprint density at radius 3 is 3.00 bits per heavy atom. The number of benzene rings is 1. The molecule has 1 aliphatic rings. The molecule has 0 heterocycles. The van der Waals surface area contributed by atoms with Crippen molar-refractivity contribution in [3.63, 3.8) is 0 Å². The molecule has 0 N–H and O–H groups in total. The highest BCUT2D eigenvalue weighted by Gasteiger charge is 2.12. The predicted molar refractivity (Wildman–Crippen MR) is 59.2 cm³/mol. The third kappa shape index (κ3) is 2.38. The van der Waals surface area contributed by atoms with Crippen LogP contribution in [0.1, 0.15) is 30.9 Å². The summed E-state index contributed by atoms with van der Waals surface area (Å²) in [4.78, 5) is 10.3. The van der Waals surface area contributed by atoms with E-state index in [0.29, 0.717) is 6.42 Å². The lowest BCUT2D eigenvalue weighted by Gasteiger charge is -2.12. The van der Waals surface area contributed by atoms with Crippen molar-refractivity contribution >= 4 is 6.29 Å². The molecule has 0 bridgehead atoms. The Hall–Kier alpha value is -1.31. The largest absolute Gasteiger partial charge is 0.490 e. The molecule has 0 amide bonds. The summed E-state index contributed by atoms with van der Waals surface area (Å²) < 4.78 is 5.65. The predicted octanol–water partition coefficient (Wildman–Crippen LogP) is 2.53. The summed E-state index contributed by atoms with van der Waals surface area (Å²) >= 11 is 0. The van der Waals surface area contributed by atoms with Crippen LogP contribution in [0.4, 0.5) is 0 Å². The fourth-order valence-corrected chi connectivity index (χ4v) is 2.04. The SMILES string of the molecule is CC(CC=O)Oc1ccc2c(c1)CCC2. The second-order valence-corrected chi connectivity index (χ2v) is 4.11. The van der Waals surface area contributed by atoms with Gasteiger partial charge in [0.2, 0.25) is 0 Å². The van der Waals surface area contributed by atoms with Crippen molar-refractivity contribution in [1.29, 1.82) is 0 Å². The van der Waals surface area contributed by atoms with E-state index >= 15 is 0 Å². The van der Waals surface area contributed by atoms with Crippen molar-refractivity contribution in [3.8, 4) is 5.75 Å². The fourth-order valence-electron chi connectivity index (χ4n) is 2.04. The molecule has 0 saturated carbocycles. The van der Waals surface area contributed by atoms with Gasteiger partial charge in [-0.3, -0.25) is 0 Å². The van der Waals surface area contributed by atoms with Gasteiger partial charge in [0.15, 0.2) is 0 Å². The number of rotatable bonds is 4. The van der Waals surface area contributed by atoms with Gasteiger partial charge in [-0.05, 0) is 49.4 Å². The van der Waals surface area contributed by atoms with Gasteiger partial charge in [0, 0.05) is 6.42 Å². The van der Waals surface area contributed by atoms with Crippen LogP contribution in [-0.4, -0.2) is 12.4 Å². The number of carbonyl (C=O) groups excluding carboxylic acids is 1. The number of fused-ring (bicyclic) bond motifs is 1. The van der Waals surface area contributed by atoms with E-state index in [1.54, 1.807) is 0 Å². The molecule has 0 aromatic heterocycles. The number of hydrogen-bond acceptors (Lipinski definition) is 2. The van der Waals surface area contributed by atoms with Crippen LogP contribution in [0.25, 0.3) is 0 Å². The minimum absolute atomic E-state index is 0.0260. The number of aldehydes is 1. The summed E-state index contributed by atoms with van der Waals surface area (Å²) in [5, 5.41) is 0. The van der Waals surface area contributed by atoms with Crippen molar-refractivity contribution in [2.45, 2.75) is 38.7 Å². The number of carbonyl (C=O) groups is 1. The smallest absolute Gasteiger partial charge is 0.123 e. The summed E-state index contributed by atoms with van der Waals surface area (Å²) in [5.74, 6) is 0.894. The second-order valence-electron chi connectivity index (χ2n) is 4.11. The Morgan fingerprint density at radius 1 is 1.40 bits per heavy atom. The summed E-state index contributed by atoms with van der Waals surface area (Å²) in [6.45, 7) is 1.92. The van der Waals surface area contributed by atoms with Crippen LogP contribution < -0.4 is 4.74 Å². The summed E-state index contributed by atoms with van der Waals surface area (Å²) in [5.41, 5.74) is 2.86. The Morgan fingerprint density at radius 2 is 2.20 bits per heavy atom.